The molecule has 0 spiro atoms. The van der Waals surface area contributed by atoms with Gasteiger partial charge in [-0.2, -0.15) is 0 Å². The van der Waals surface area contributed by atoms with Gasteiger partial charge in [-0.3, -0.25) is 9.59 Å². The molecule has 36 heavy (non-hydrogen) atoms. The Balaban J connectivity index is 1.64. The van der Waals surface area contributed by atoms with E-state index in [1.807, 2.05) is 18.2 Å². The number of benzene rings is 3. The molecule has 1 aliphatic rings. The molecule has 0 amide bonds. The molecule has 0 radical (unpaired) electrons. The van der Waals surface area contributed by atoms with Gasteiger partial charge in [-0.05, 0) is 62.6 Å². The van der Waals surface area contributed by atoms with Gasteiger partial charge in [0.25, 0.3) is 0 Å². The molecule has 0 aromatic heterocycles. The number of Topliss-reactive ketones (excluding diaryl/α,β-unsaturated/α-hetero) is 2. The quantitative estimate of drug-likeness (QED) is 0.252. The zero-order valence-electron chi connectivity index (χ0n) is 20.6. The Morgan fingerprint density at radius 3 is 1.42 bits per heavy atom. The number of aliphatic hydroxyl groups is 2. The van der Waals surface area contributed by atoms with Crippen LogP contribution in [0, 0.1) is 0 Å². The molecule has 0 heterocycles. The molecular weight excluding hydrogens is 467 g/mol. The number of rotatable bonds is 10. The Morgan fingerprint density at radius 2 is 1.00 bits per heavy atom. The highest BCUT2D eigenvalue weighted by Gasteiger charge is 2.44. The highest BCUT2D eigenvalue weighted by molar-refractivity contribution is 7.95. The number of carbonyl (C=O) groups is 2. The minimum absolute atomic E-state index is 0.0194. The first kappa shape index (κ1) is 25.9. The minimum Gasteiger partial charge on any atom is -0.392 e. The van der Waals surface area contributed by atoms with Crippen molar-refractivity contribution in [3.8, 4) is 0 Å². The van der Waals surface area contributed by atoms with Crippen molar-refractivity contribution in [3.05, 3.63) is 113 Å². The molecule has 3 aromatic carbocycles. The summed E-state index contributed by atoms with van der Waals surface area (Å²) >= 11 is 0. The molecule has 0 aliphatic heterocycles. The third kappa shape index (κ3) is 4.90. The van der Waals surface area contributed by atoms with Crippen molar-refractivity contribution in [2.24, 2.45) is 0 Å². The molecule has 0 unspecified atom stereocenters. The van der Waals surface area contributed by atoms with E-state index in [2.05, 4.69) is 72.8 Å². The predicted octanol–water partition coefficient (Wildman–Crippen LogP) is 3.90. The average Bonchev–Trinajstić information content (AvgIpc) is 2.93. The maximum absolute atomic E-state index is 13.0. The molecule has 3 aromatic rings. The van der Waals surface area contributed by atoms with Gasteiger partial charge in [0.2, 0.25) is 0 Å². The SMILES string of the molecule is CC1=C(CCCC[P+](c2ccccc2)(c2ccccc2)c2ccccc2)C(=O)C(CO)=C(CO)C1=O. The number of ketones is 2. The zero-order chi connectivity index (χ0) is 25.5. The average molecular weight is 500 g/mol. The van der Waals surface area contributed by atoms with Crippen LogP contribution in [0.4, 0.5) is 0 Å². The maximum atomic E-state index is 13.0. The van der Waals surface area contributed by atoms with E-state index in [-0.39, 0.29) is 22.7 Å². The van der Waals surface area contributed by atoms with Crippen LogP contribution in [-0.2, 0) is 9.59 Å². The van der Waals surface area contributed by atoms with Gasteiger partial charge >= 0.3 is 0 Å². The number of hydrogen-bond acceptors (Lipinski definition) is 4. The summed E-state index contributed by atoms with van der Waals surface area (Å²) in [4.78, 5) is 25.7. The fraction of sp³-hybridized carbons (Fsp3) is 0.226. The number of allylic oxidation sites excluding steroid dienone is 2. The molecule has 0 saturated carbocycles. The normalized spacial score (nSPS) is 14.5. The first-order valence-electron chi connectivity index (χ1n) is 12.3. The third-order valence-corrected chi connectivity index (χ3v) is 11.6. The summed E-state index contributed by atoms with van der Waals surface area (Å²) in [5, 5.41) is 23.2. The van der Waals surface area contributed by atoms with Crippen LogP contribution in [0.2, 0.25) is 0 Å². The molecular formula is C31H32O4P+. The summed E-state index contributed by atoms with van der Waals surface area (Å²) < 4.78 is 0. The van der Waals surface area contributed by atoms with Crippen LogP contribution in [0.5, 0.6) is 0 Å². The predicted molar refractivity (Wildman–Crippen MR) is 148 cm³/mol. The van der Waals surface area contributed by atoms with Gasteiger partial charge in [0.1, 0.15) is 23.2 Å². The largest absolute Gasteiger partial charge is 0.392 e. The van der Waals surface area contributed by atoms with E-state index in [0.29, 0.717) is 17.6 Å². The molecule has 0 fully saturated rings. The lowest BCUT2D eigenvalue weighted by molar-refractivity contribution is -0.117. The lowest BCUT2D eigenvalue weighted by atomic mass is 9.83. The van der Waals surface area contributed by atoms with Gasteiger partial charge in [0, 0.05) is 22.3 Å². The molecule has 1 aliphatic carbocycles. The fourth-order valence-electron chi connectivity index (χ4n) is 5.16. The van der Waals surface area contributed by atoms with Crippen molar-refractivity contribution < 1.29 is 19.8 Å². The number of aliphatic hydroxyl groups excluding tert-OH is 2. The molecule has 2 N–H and O–H groups in total. The van der Waals surface area contributed by atoms with E-state index < -0.39 is 20.5 Å². The van der Waals surface area contributed by atoms with Gasteiger partial charge in [-0.15, -0.1) is 0 Å². The van der Waals surface area contributed by atoms with Crippen LogP contribution in [0.15, 0.2) is 113 Å². The van der Waals surface area contributed by atoms with Gasteiger partial charge < -0.3 is 10.2 Å². The third-order valence-electron chi connectivity index (χ3n) is 7.06. The molecule has 4 nitrogen and oxygen atoms in total. The molecule has 0 saturated heterocycles. The monoisotopic (exact) mass is 499 g/mol. The number of unbranched alkanes of at least 4 members (excludes halogenated alkanes) is 1. The Hall–Kier alpha value is -3.17. The van der Waals surface area contributed by atoms with Crippen LogP contribution in [0.1, 0.15) is 26.2 Å². The van der Waals surface area contributed by atoms with Crippen molar-refractivity contribution in [1.82, 2.24) is 0 Å². The van der Waals surface area contributed by atoms with Crippen LogP contribution in [0.3, 0.4) is 0 Å². The van der Waals surface area contributed by atoms with E-state index in [9.17, 15) is 19.8 Å². The summed E-state index contributed by atoms with van der Waals surface area (Å²) in [6, 6.07) is 32.0. The zero-order valence-corrected chi connectivity index (χ0v) is 21.5. The highest BCUT2D eigenvalue weighted by atomic mass is 31.2. The van der Waals surface area contributed by atoms with E-state index in [4.69, 9.17) is 0 Å². The standard InChI is InChI=1S/C31H32O4P/c1-23-27(31(35)29(22-33)28(21-32)30(23)34)19-11-12-20-36(24-13-5-2-6-14-24,25-15-7-3-8-16-25)26-17-9-4-10-18-26/h2-10,13-18,32-33H,11-12,19-22H2,1H3/q+1. The van der Waals surface area contributed by atoms with Crippen molar-refractivity contribution in [1.29, 1.82) is 0 Å². The summed E-state index contributed by atoms with van der Waals surface area (Å²) in [6.45, 7) is 0.569. The van der Waals surface area contributed by atoms with Gasteiger partial charge in [-0.25, -0.2) is 0 Å². The molecule has 4 rings (SSSR count). The van der Waals surface area contributed by atoms with Crippen LogP contribution in [0.25, 0.3) is 0 Å². The smallest absolute Gasteiger partial charge is 0.188 e. The van der Waals surface area contributed by atoms with Gasteiger partial charge in [0.05, 0.1) is 19.4 Å². The second kappa shape index (κ2) is 11.7. The van der Waals surface area contributed by atoms with Crippen LogP contribution >= 0.6 is 7.26 Å². The molecule has 0 atom stereocenters. The van der Waals surface area contributed by atoms with Crippen LogP contribution in [-0.4, -0.2) is 41.2 Å². The topological polar surface area (TPSA) is 74.6 Å². The summed E-state index contributed by atoms with van der Waals surface area (Å²) in [5.74, 6) is -0.648. The molecule has 0 bridgehead atoms. The Bertz CT molecular complexity index is 1180. The summed E-state index contributed by atoms with van der Waals surface area (Å²) in [7, 11) is -1.95. The maximum Gasteiger partial charge on any atom is 0.188 e. The van der Waals surface area contributed by atoms with Crippen molar-refractivity contribution in [3.63, 3.8) is 0 Å². The first-order chi connectivity index (χ1) is 17.5. The lowest BCUT2D eigenvalue weighted by Gasteiger charge is -2.28. The van der Waals surface area contributed by atoms with Crippen LogP contribution < -0.4 is 15.9 Å². The Kier molecular flexibility index (Phi) is 8.43. The fourth-order valence-corrected chi connectivity index (χ4v) is 9.57. The minimum atomic E-state index is -1.95. The van der Waals surface area contributed by atoms with Crippen molar-refractivity contribution >= 4 is 34.7 Å². The van der Waals surface area contributed by atoms with E-state index in [1.54, 1.807) is 6.92 Å². The highest BCUT2D eigenvalue weighted by Crippen LogP contribution is 2.56. The van der Waals surface area contributed by atoms with Gasteiger partial charge in [0.15, 0.2) is 11.6 Å². The molecule has 184 valence electrons. The van der Waals surface area contributed by atoms with E-state index >= 15 is 0 Å². The van der Waals surface area contributed by atoms with Crippen molar-refractivity contribution in [2.45, 2.75) is 26.2 Å². The second-order valence-corrected chi connectivity index (χ2v) is 12.6. The van der Waals surface area contributed by atoms with Gasteiger partial charge in [-0.1, -0.05) is 54.6 Å². The Labute approximate surface area is 213 Å². The Morgan fingerprint density at radius 1 is 0.583 bits per heavy atom. The molecule has 5 heteroatoms. The summed E-state index contributed by atoms with van der Waals surface area (Å²) in [5.41, 5.74) is 0.898. The second-order valence-electron chi connectivity index (χ2n) is 9.03. The number of hydrogen-bond donors (Lipinski definition) is 2. The van der Waals surface area contributed by atoms with E-state index in [0.717, 1.165) is 19.0 Å². The number of carbonyl (C=O) groups excluding carboxylic acids is 2. The van der Waals surface area contributed by atoms with Crippen molar-refractivity contribution in [2.75, 3.05) is 19.4 Å². The lowest BCUT2D eigenvalue weighted by Crippen LogP contribution is -2.33. The summed E-state index contributed by atoms with van der Waals surface area (Å²) in [6.07, 6.45) is 3.02. The first-order valence-corrected chi connectivity index (χ1v) is 14.3. The van der Waals surface area contributed by atoms with E-state index in [1.165, 1.54) is 15.9 Å².